The van der Waals surface area contributed by atoms with Gasteiger partial charge in [-0.05, 0) is 26.0 Å². The Labute approximate surface area is 94.7 Å². The van der Waals surface area contributed by atoms with Crippen LogP contribution < -0.4 is 10.9 Å². The number of rotatable bonds is 1. The molecule has 3 heteroatoms. The monoisotopic (exact) mass is 213 g/mol. The van der Waals surface area contributed by atoms with E-state index in [4.69, 9.17) is 0 Å². The van der Waals surface area contributed by atoms with E-state index in [9.17, 15) is 0 Å². The Morgan fingerprint density at radius 3 is 2.81 bits per heavy atom. The second-order valence-electron chi connectivity index (χ2n) is 4.35. The Bertz CT molecular complexity index is 564. The van der Waals surface area contributed by atoms with Gasteiger partial charge >= 0.3 is 0 Å². The second-order valence-corrected chi connectivity index (χ2v) is 4.35. The number of hydrazine groups is 1. The molecule has 1 aromatic heterocycles. The van der Waals surface area contributed by atoms with E-state index in [1.54, 1.807) is 0 Å². The summed E-state index contributed by atoms with van der Waals surface area (Å²) in [6.07, 6.45) is 4.05. The van der Waals surface area contributed by atoms with Crippen molar-refractivity contribution < 1.29 is 0 Å². The molecule has 0 amide bonds. The molecule has 0 radical (unpaired) electrons. The number of para-hydroxylation sites is 1. The van der Waals surface area contributed by atoms with Crippen LogP contribution in [0.1, 0.15) is 25.5 Å². The molecule has 2 N–H and O–H groups in total. The minimum atomic E-state index is 0.439. The summed E-state index contributed by atoms with van der Waals surface area (Å²) in [6.45, 7) is 4.40. The van der Waals surface area contributed by atoms with E-state index in [0.717, 1.165) is 5.82 Å². The third-order valence-corrected chi connectivity index (χ3v) is 2.99. The van der Waals surface area contributed by atoms with Crippen molar-refractivity contribution in [3.63, 3.8) is 0 Å². The fourth-order valence-electron chi connectivity index (χ4n) is 2.36. The van der Waals surface area contributed by atoms with E-state index in [2.05, 4.69) is 59.6 Å². The van der Waals surface area contributed by atoms with Crippen LogP contribution in [0.3, 0.4) is 0 Å². The molecule has 2 heterocycles. The molecule has 1 aromatic carbocycles. The summed E-state index contributed by atoms with van der Waals surface area (Å²) in [5, 5.41) is 1.30. The molecule has 2 aromatic rings. The van der Waals surface area contributed by atoms with Gasteiger partial charge in [-0.1, -0.05) is 18.2 Å². The first kappa shape index (κ1) is 9.33. The van der Waals surface area contributed by atoms with Crippen LogP contribution in [0.15, 0.2) is 30.5 Å². The normalized spacial score (nSPS) is 13.7. The van der Waals surface area contributed by atoms with Crippen molar-refractivity contribution >= 4 is 22.8 Å². The highest BCUT2D eigenvalue weighted by molar-refractivity contribution is 5.96. The molecule has 0 saturated carbocycles. The lowest BCUT2D eigenvalue weighted by molar-refractivity contribution is 0.624. The summed E-state index contributed by atoms with van der Waals surface area (Å²) < 4.78 is 2.32. The topological polar surface area (TPSA) is 29.0 Å². The maximum Gasteiger partial charge on any atom is 0.133 e. The standard InChI is InChI=1S/C13H15N3/c1-9(2)16-12-6-4-3-5-10(12)11-7-8-14-15-13(11)16/h3-9,14-15H,1-2H3. The van der Waals surface area contributed by atoms with Crippen LogP contribution in [0.2, 0.25) is 0 Å². The minimum absolute atomic E-state index is 0.439. The molecule has 0 bridgehead atoms. The van der Waals surface area contributed by atoms with Gasteiger partial charge in [0.15, 0.2) is 0 Å². The number of nitrogens with one attached hydrogen (secondary N) is 2. The Balaban J connectivity index is 2.43. The average molecular weight is 213 g/mol. The first-order valence-corrected chi connectivity index (χ1v) is 5.60. The first-order chi connectivity index (χ1) is 7.79. The lowest BCUT2D eigenvalue weighted by atomic mass is 10.1. The highest BCUT2D eigenvalue weighted by Crippen LogP contribution is 2.34. The maximum atomic E-state index is 3.23. The van der Waals surface area contributed by atoms with Gasteiger partial charge in [0.05, 0.1) is 5.52 Å². The van der Waals surface area contributed by atoms with Crippen LogP contribution in [-0.4, -0.2) is 4.57 Å². The summed E-state index contributed by atoms with van der Waals surface area (Å²) in [5.74, 6) is 1.15. The van der Waals surface area contributed by atoms with Crippen LogP contribution >= 0.6 is 0 Å². The maximum absolute atomic E-state index is 3.23. The van der Waals surface area contributed by atoms with Crippen LogP contribution in [0.4, 0.5) is 5.82 Å². The molecule has 0 saturated heterocycles. The van der Waals surface area contributed by atoms with Gasteiger partial charge in [-0.2, -0.15) is 0 Å². The van der Waals surface area contributed by atoms with Crippen molar-refractivity contribution in [1.82, 2.24) is 9.99 Å². The smallest absolute Gasteiger partial charge is 0.133 e. The first-order valence-electron chi connectivity index (χ1n) is 5.60. The number of aromatic nitrogens is 1. The van der Waals surface area contributed by atoms with E-state index in [0.29, 0.717) is 6.04 Å². The SMILES string of the molecule is CC(C)n1c2c(c3ccccc31)C=CNN2. The van der Waals surface area contributed by atoms with Crippen LogP contribution in [-0.2, 0) is 0 Å². The van der Waals surface area contributed by atoms with Gasteiger partial charge in [0.2, 0.25) is 0 Å². The lowest BCUT2D eigenvalue weighted by Gasteiger charge is -2.18. The minimum Gasteiger partial charge on any atom is -0.323 e. The Morgan fingerprint density at radius 1 is 1.19 bits per heavy atom. The lowest BCUT2D eigenvalue weighted by Crippen LogP contribution is -2.21. The molecule has 0 fully saturated rings. The Hall–Kier alpha value is -1.90. The van der Waals surface area contributed by atoms with Gasteiger partial charge in [0.1, 0.15) is 5.82 Å². The number of fused-ring (bicyclic) bond motifs is 3. The number of benzene rings is 1. The van der Waals surface area contributed by atoms with Gasteiger partial charge in [0.25, 0.3) is 0 Å². The number of hydrogen-bond acceptors (Lipinski definition) is 2. The van der Waals surface area contributed by atoms with Crippen molar-refractivity contribution in [2.45, 2.75) is 19.9 Å². The third kappa shape index (κ3) is 1.14. The third-order valence-electron chi connectivity index (χ3n) is 2.99. The molecule has 0 aliphatic carbocycles. The molecule has 1 aliphatic rings. The number of hydrogen-bond donors (Lipinski definition) is 2. The fourth-order valence-corrected chi connectivity index (χ4v) is 2.36. The van der Waals surface area contributed by atoms with Crippen LogP contribution in [0.25, 0.3) is 17.0 Å². The summed E-state index contributed by atoms with van der Waals surface area (Å²) in [4.78, 5) is 0. The average Bonchev–Trinajstić information content (AvgIpc) is 2.63. The molecular formula is C13H15N3. The van der Waals surface area contributed by atoms with Gasteiger partial charge in [-0.3, -0.25) is 5.43 Å². The van der Waals surface area contributed by atoms with E-state index in [1.807, 2.05) is 6.20 Å². The van der Waals surface area contributed by atoms with E-state index >= 15 is 0 Å². The summed E-state index contributed by atoms with van der Waals surface area (Å²) in [6, 6.07) is 8.95. The van der Waals surface area contributed by atoms with E-state index in [-0.39, 0.29) is 0 Å². The molecule has 16 heavy (non-hydrogen) atoms. The fraction of sp³-hybridized carbons (Fsp3) is 0.231. The quantitative estimate of drug-likeness (QED) is 0.762. The van der Waals surface area contributed by atoms with E-state index < -0.39 is 0 Å². The predicted molar refractivity (Wildman–Crippen MR) is 68.1 cm³/mol. The van der Waals surface area contributed by atoms with Crippen molar-refractivity contribution in [2.75, 3.05) is 5.43 Å². The van der Waals surface area contributed by atoms with Gasteiger partial charge in [0, 0.05) is 23.2 Å². The molecule has 0 atom stereocenters. The van der Waals surface area contributed by atoms with E-state index in [1.165, 1.54) is 16.5 Å². The Kier molecular flexibility index (Phi) is 1.93. The number of nitrogens with zero attached hydrogens (tertiary/aromatic N) is 1. The molecule has 0 spiro atoms. The molecule has 0 unspecified atom stereocenters. The second kappa shape index (κ2) is 3.30. The van der Waals surface area contributed by atoms with Crippen LogP contribution in [0.5, 0.6) is 0 Å². The van der Waals surface area contributed by atoms with Crippen molar-refractivity contribution in [3.8, 4) is 0 Å². The summed E-state index contributed by atoms with van der Waals surface area (Å²) in [5.41, 5.74) is 8.82. The zero-order chi connectivity index (χ0) is 11.1. The predicted octanol–water partition coefficient (Wildman–Crippen LogP) is 3.12. The highest BCUT2D eigenvalue weighted by Gasteiger charge is 2.17. The zero-order valence-electron chi connectivity index (χ0n) is 9.49. The van der Waals surface area contributed by atoms with Crippen molar-refractivity contribution in [1.29, 1.82) is 0 Å². The van der Waals surface area contributed by atoms with Crippen LogP contribution in [0, 0.1) is 0 Å². The van der Waals surface area contributed by atoms with Gasteiger partial charge in [-0.25, -0.2) is 0 Å². The molecular weight excluding hydrogens is 198 g/mol. The summed E-state index contributed by atoms with van der Waals surface area (Å²) in [7, 11) is 0. The van der Waals surface area contributed by atoms with Crippen molar-refractivity contribution in [2.24, 2.45) is 0 Å². The summed E-state index contributed by atoms with van der Waals surface area (Å²) >= 11 is 0. The number of anilines is 1. The molecule has 3 nitrogen and oxygen atoms in total. The zero-order valence-corrected chi connectivity index (χ0v) is 9.49. The Morgan fingerprint density at radius 2 is 2.00 bits per heavy atom. The molecule has 1 aliphatic heterocycles. The molecule has 82 valence electrons. The van der Waals surface area contributed by atoms with Gasteiger partial charge < -0.3 is 9.99 Å². The van der Waals surface area contributed by atoms with Crippen molar-refractivity contribution in [3.05, 3.63) is 36.0 Å². The van der Waals surface area contributed by atoms with Gasteiger partial charge in [-0.15, -0.1) is 0 Å². The highest BCUT2D eigenvalue weighted by atomic mass is 15.4. The largest absolute Gasteiger partial charge is 0.323 e. The molecule has 3 rings (SSSR count).